The highest BCUT2D eigenvalue weighted by molar-refractivity contribution is 7.12. The average molecular weight is 326 g/mol. The van der Waals surface area contributed by atoms with E-state index in [-0.39, 0.29) is 22.6 Å². The quantitative estimate of drug-likeness (QED) is 0.474. The lowest BCUT2D eigenvalue weighted by molar-refractivity contribution is -0.385. The fourth-order valence-corrected chi connectivity index (χ4v) is 4.88. The Bertz CT molecular complexity index is 824. The van der Waals surface area contributed by atoms with Crippen LogP contribution in [-0.4, -0.2) is 4.92 Å². The topological polar surface area (TPSA) is 55.2 Å². The van der Waals surface area contributed by atoms with Gasteiger partial charge in [-0.2, -0.15) is 0 Å². The van der Waals surface area contributed by atoms with Gasteiger partial charge in [-0.25, -0.2) is 0 Å². The van der Waals surface area contributed by atoms with Gasteiger partial charge in [0, 0.05) is 33.5 Å². The van der Waals surface area contributed by atoms with E-state index in [4.69, 9.17) is 0 Å². The predicted molar refractivity (Wildman–Crippen MR) is 93.2 cm³/mol. The molecule has 0 saturated heterocycles. The van der Waals surface area contributed by atoms with Crippen molar-refractivity contribution in [2.75, 3.05) is 5.32 Å². The van der Waals surface area contributed by atoms with Crippen LogP contribution in [0, 0.1) is 29.9 Å². The number of aryl methyl sites for hydroxylation is 2. The molecule has 0 bridgehead atoms. The summed E-state index contributed by atoms with van der Waals surface area (Å²) in [6, 6.07) is 8.07. The van der Waals surface area contributed by atoms with Crippen LogP contribution in [0.3, 0.4) is 0 Å². The van der Waals surface area contributed by atoms with Crippen molar-refractivity contribution in [2.45, 2.75) is 32.2 Å². The number of fused-ring (bicyclic) bond motifs is 3. The molecule has 5 heteroatoms. The second kappa shape index (κ2) is 5.20. The van der Waals surface area contributed by atoms with Crippen LogP contribution >= 0.6 is 11.3 Å². The van der Waals surface area contributed by atoms with Crippen molar-refractivity contribution < 1.29 is 4.92 Å². The predicted octanol–water partition coefficient (Wildman–Crippen LogP) is 5.10. The van der Waals surface area contributed by atoms with Gasteiger partial charge in [0.1, 0.15) is 0 Å². The zero-order valence-corrected chi connectivity index (χ0v) is 13.9. The summed E-state index contributed by atoms with van der Waals surface area (Å²) >= 11 is 1.83. The van der Waals surface area contributed by atoms with Crippen LogP contribution in [0.4, 0.5) is 11.4 Å². The van der Waals surface area contributed by atoms with Crippen LogP contribution in [0.25, 0.3) is 0 Å². The van der Waals surface area contributed by atoms with E-state index in [1.165, 1.54) is 9.75 Å². The number of allylic oxidation sites excluding steroid dienone is 2. The van der Waals surface area contributed by atoms with Crippen LogP contribution in [0.2, 0.25) is 0 Å². The number of nitrogens with zero attached hydrogens (tertiary/aromatic N) is 1. The third-order valence-electron chi connectivity index (χ3n) is 4.93. The first kappa shape index (κ1) is 14.5. The van der Waals surface area contributed by atoms with Gasteiger partial charge in [0.15, 0.2) is 0 Å². The number of non-ortho nitro benzene ring substituents is 1. The van der Waals surface area contributed by atoms with Crippen molar-refractivity contribution in [2.24, 2.45) is 5.92 Å². The first-order chi connectivity index (χ1) is 11.0. The Labute approximate surface area is 139 Å². The van der Waals surface area contributed by atoms with Gasteiger partial charge in [-0.3, -0.25) is 10.1 Å². The van der Waals surface area contributed by atoms with E-state index >= 15 is 0 Å². The summed E-state index contributed by atoms with van der Waals surface area (Å²) in [7, 11) is 0. The second-order valence-corrected chi connectivity index (χ2v) is 7.73. The number of anilines is 1. The Morgan fingerprint density at radius 1 is 1.30 bits per heavy atom. The summed E-state index contributed by atoms with van der Waals surface area (Å²) in [5, 5.41) is 14.9. The Kier molecular flexibility index (Phi) is 3.27. The van der Waals surface area contributed by atoms with Gasteiger partial charge in [0.05, 0.1) is 11.0 Å². The molecule has 23 heavy (non-hydrogen) atoms. The number of nitrogens with one attached hydrogen (secondary N) is 1. The van der Waals surface area contributed by atoms with Crippen LogP contribution in [0.5, 0.6) is 0 Å². The molecular formula is C18H18N2O2S. The highest BCUT2D eigenvalue weighted by Crippen LogP contribution is 2.52. The third kappa shape index (κ3) is 2.27. The molecule has 2 heterocycles. The Hall–Kier alpha value is -2.14. The molecule has 4 nitrogen and oxygen atoms in total. The van der Waals surface area contributed by atoms with Crippen molar-refractivity contribution in [3.8, 4) is 0 Å². The molecular weight excluding hydrogens is 308 g/mol. The minimum atomic E-state index is -0.296. The van der Waals surface area contributed by atoms with Crippen LogP contribution in [0.1, 0.15) is 39.3 Å². The number of benzene rings is 1. The van der Waals surface area contributed by atoms with Gasteiger partial charge < -0.3 is 5.32 Å². The van der Waals surface area contributed by atoms with Crippen molar-refractivity contribution in [1.29, 1.82) is 0 Å². The molecule has 2 aliphatic rings. The molecule has 1 aliphatic carbocycles. The van der Waals surface area contributed by atoms with Crippen LogP contribution in [0.15, 0.2) is 36.4 Å². The van der Waals surface area contributed by atoms with E-state index in [1.807, 2.05) is 18.3 Å². The number of rotatable bonds is 2. The molecule has 1 aromatic carbocycles. The lowest BCUT2D eigenvalue weighted by atomic mass is 9.78. The third-order valence-corrected chi connectivity index (χ3v) is 6.01. The summed E-state index contributed by atoms with van der Waals surface area (Å²) in [4.78, 5) is 13.6. The molecule has 0 fully saturated rings. The van der Waals surface area contributed by atoms with Crippen molar-refractivity contribution in [3.05, 3.63) is 67.4 Å². The van der Waals surface area contributed by atoms with Crippen molar-refractivity contribution >= 4 is 22.7 Å². The van der Waals surface area contributed by atoms with Gasteiger partial charge >= 0.3 is 0 Å². The Morgan fingerprint density at radius 2 is 2.13 bits per heavy atom. The zero-order valence-electron chi connectivity index (χ0n) is 13.1. The monoisotopic (exact) mass is 326 g/mol. The van der Waals surface area contributed by atoms with Gasteiger partial charge in [-0.15, -0.1) is 11.3 Å². The first-order valence-corrected chi connectivity index (χ1v) is 8.64. The molecule has 1 aliphatic heterocycles. The van der Waals surface area contributed by atoms with E-state index < -0.39 is 0 Å². The lowest BCUT2D eigenvalue weighted by Crippen LogP contribution is -2.29. The molecule has 1 N–H and O–H groups in total. The number of hydrogen-bond donors (Lipinski definition) is 1. The highest BCUT2D eigenvalue weighted by Gasteiger charge is 2.39. The van der Waals surface area contributed by atoms with E-state index in [9.17, 15) is 10.1 Å². The number of nitro benzene ring substituents is 1. The summed E-state index contributed by atoms with van der Waals surface area (Å²) in [6.07, 6.45) is 5.45. The number of nitro groups is 1. The van der Waals surface area contributed by atoms with E-state index in [1.54, 1.807) is 12.1 Å². The summed E-state index contributed by atoms with van der Waals surface area (Å²) in [6.45, 7) is 4.08. The maximum atomic E-state index is 11.2. The molecule has 0 spiro atoms. The maximum Gasteiger partial charge on any atom is 0.270 e. The smallest absolute Gasteiger partial charge is 0.270 e. The van der Waals surface area contributed by atoms with Gasteiger partial charge in [-0.05, 0) is 49.4 Å². The van der Waals surface area contributed by atoms with Gasteiger partial charge in [0.25, 0.3) is 5.69 Å². The fourth-order valence-electron chi connectivity index (χ4n) is 3.87. The largest absolute Gasteiger partial charge is 0.377 e. The normalized spacial score (nSPS) is 24.9. The standard InChI is InChI=1S/C18H18N2O2S/c1-10-8-12(20(21)22)9-15-13-4-3-5-14(13)18(19-17(10)15)16-7-6-11(2)23-16/h3-4,6-9,13-14,18-19H,5H2,1-2H3. The lowest BCUT2D eigenvalue weighted by Gasteiger charge is -2.37. The van der Waals surface area contributed by atoms with E-state index in [0.29, 0.717) is 5.92 Å². The summed E-state index contributed by atoms with van der Waals surface area (Å²) in [5.74, 6) is 0.694. The highest BCUT2D eigenvalue weighted by atomic mass is 32.1. The number of thiophene rings is 1. The molecule has 118 valence electrons. The molecule has 0 saturated carbocycles. The zero-order chi connectivity index (χ0) is 16.1. The van der Waals surface area contributed by atoms with Gasteiger partial charge in [-0.1, -0.05) is 12.2 Å². The maximum absolute atomic E-state index is 11.2. The molecule has 4 rings (SSSR count). The minimum Gasteiger partial charge on any atom is -0.377 e. The molecule has 1 aromatic heterocycles. The van der Waals surface area contributed by atoms with Crippen molar-refractivity contribution in [3.63, 3.8) is 0 Å². The van der Waals surface area contributed by atoms with Crippen LogP contribution < -0.4 is 5.32 Å². The summed E-state index contributed by atoms with van der Waals surface area (Å²) in [5.41, 5.74) is 3.28. The summed E-state index contributed by atoms with van der Waals surface area (Å²) < 4.78 is 0. The molecule has 3 unspecified atom stereocenters. The average Bonchev–Trinajstić information content (AvgIpc) is 3.15. The molecule has 0 amide bonds. The second-order valence-electron chi connectivity index (χ2n) is 6.41. The van der Waals surface area contributed by atoms with Crippen molar-refractivity contribution in [1.82, 2.24) is 0 Å². The van der Waals surface area contributed by atoms with Crippen LogP contribution in [-0.2, 0) is 0 Å². The van der Waals surface area contributed by atoms with Gasteiger partial charge in [0.2, 0.25) is 0 Å². The fraction of sp³-hybridized carbons (Fsp3) is 0.333. The first-order valence-electron chi connectivity index (χ1n) is 7.83. The van der Waals surface area contributed by atoms with E-state index in [0.717, 1.165) is 23.2 Å². The minimum absolute atomic E-state index is 0.188. The molecule has 2 aromatic rings. The number of hydrogen-bond acceptors (Lipinski definition) is 4. The molecule has 3 atom stereocenters. The Morgan fingerprint density at radius 3 is 2.83 bits per heavy atom. The van der Waals surface area contributed by atoms with E-state index in [2.05, 4.69) is 36.5 Å². The SMILES string of the molecule is Cc1ccc(C2Nc3c(C)cc([N+](=O)[O-])cc3C3C=CCC32)s1. The Balaban J connectivity index is 1.83. The molecule has 0 radical (unpaired) electrons.